The minimum Gasteiger partial charge on any atom is -0.350 e. The van der Waals surface area contributed by atoms with Gasteiger partial charge in [-0.25, -0.2) is 0 Å². The lowest BCUT2D eigenvalue weighted by Crippen LogP contribution is -2.30. The van der Waals surface area contributed by atoms with Gasteiger partial charge < -0.3 is 10.6 Å². The molecule has 0 aliphatic heterocycles. The minimum atomic E-state index is -4.69. The van der Waals surface area contributed by atoms with Crippen LogP contribution in [0, 0.1) is 0 Å². The highest BCUT2D eigenvalue weighted by molar-refractivity contribution is 6.30. The molecule has 0 saturated heterocycles. The third-order valence-corrected chi connectivity index (χ3v) is 3.45. The van der Waals surface area contributed by atoms with Crippen molar-refractivity contribution >= 4 is 29.1 Å². The molecule has 0 atom stereocenters. The van der Waals surface area contributed by atoms with Crippen LogP contribution in [0.2, 0.25) is 5.02 Å². The average Bonchev–Trinajstić information content (AvgIpc) is 2.55. The lowest BCUT2D eigenvalue weighted by atomic mass is 10.1. The van der Waals surface area contributed by atoms with Crippen molar-refractivity contribution in [3.63, 3.8) is 0 Å². The number of rotatable bonds is 4. The molecule has 0 saturated carbocycles. The standard InChI is InChI=1S/C17H15ClF3N3O2/c1-9(2)23-15(25)10-5-11(8-22-7-10)16(26)24-14-4-3-12(18)6-13(14)17(19,20)21/h3-9H,1-2H3,(H,23,25)(H,24,26). The Hall–Kier alpha value is -2.61. The highest BCUT2D eigenvalue weighted by Gasteiger charge is 2.34. The van der Waals surface area contributed by atoms with E-state index in [0.29, 0.717) is 0 Å². The number of alkyl halides is 3. The van der Waals surface area contributed by atoms with E-state index in [2.05, 4.69) is 15.6 Å². The molecule has 2 rings (SSSR count). The SMILES string of the molecule is CC(C)NC(=O)c1cncc(C(=O)Nc2ccc(Cl)cc2C(F)(F)F)c1. The van der Waals surface area contributed by atoms with Crippen LogP contribution in [0.15, 0.2) is 36.7 Å². The fourth-order valence-corrected chi connectivity index (χ4v) is 2.26. The van der Waals surface area contributed by atoms with E-state index in [4.69, 9.17) is 11.6 Å². The van der Waals surface area contributed by atoms with Crippen LogP contribution >= 0.6 is 11.6 Å². The molecule has 0 unspecified atom stereocenters. The lowest BCUT2D eigenvalue weighted by Gasteiger charge is -2.14. The van der Waals surface area contributed by atoms with Gasteiger partial charge in [-0.1, -0.05) is 11.6 Å². The zero-order chi connectivity index (χ0) is 19.5. The zero-order valence-corrected chi connectivity index (χ0v) is 14.6. The van der Waals surface area contributed by atoms with Crippen LogP contribution in [0.3, 0.4) is 0 Å². The fraction of sp³-hybridized carbons (Fsp3) is 0.235. The van der Waals surface area contributed by atoms with Gasteiger partial charge in [-0.3, -0.25) is 14.6 Å². The first kappa shape index (κ1) is 19.7. The summed E-state index contributed by atoms with van der Waals surface area (Å²) in [7, 11) is 0. The predicted molar refractivity (Wildman–Crippen MR) is 91.2 cm³/mol. The first-order chi connectivity index (χ1) is 12.1. The second-order valence-electron chi connectivity index (χ2n) is 5.73. The van der Waals surface area contributed by atoms with Crippen molar-refractivity contribution in [2.75, 3.05) is 5.32 Å². The molecule has 0 bridgehead atoms. The molecule has 0 radical (unpaired) electrons. The summed E-state index contributed by atoms with van der Waals surface area (Å²) in [4.78, 5) is 28.1. The summed E-state index contributed by atoms with van der Waals surface area (Å²) in [5.74, 6) is -1.27. The number of pyridine rings is 1. The van der Waals surface area contributed by atoms with Crippen LogP contribution in [-0.4, -0.2) is 22.8 Å². The van der Waals surface area contributed by atoms with Gasteiger partial charge in [-0.05, 0) is 38.1 Å². The summed E-state index contributed by atoms with van der Waals surface area (Å²) in [6, 6.07) is 4.15. The number of halogens is 4. The Morgan fingerprint density at radius 2 is 1.69 bits per heavy atom. The molecular formula is C17H15ClF3N3O2. The van der Waals surface area contributed by atoms with Gasteiger partial charge in [0.15, 0.2) is 0 Å². The van der Waals surface area contributed by atoms with Gasteiger partial charge >= 0.3 is 6.18 Å². The van der Waals surface area contributed by atoms with Crippen molar-refractivity contribution in [2.45, 2.75) is 26.1 Å². The second-order valence-corrected chi connectivity index (χ2v) is 6.17. The normalized spacial score (nSPS) is 11.3. The van der Waals surface area contributed by atoms with Gasteiger partial charge in [-0.2, -0.15) is 13.2 Å². The number of nitrogens with zero attached hydrogens (tertiary/aromatic N) is 1. The van der Waals surface area contributed by atoms with E-state index in [1.807, 2.05) is 0 Å². The number of hydrogen-bond acceptors (Lipinski definition) is 3. The molecule has 2 aromatic rings. The number of carbonyl (C=O) groups is 2. The molecule has 0 aliphatic rings. The average molecular weight is 386 g/mol. The molecule has 1 aromatic carbocycles. The number of hydrogen-bond donors (Lipinski definition) is 2. The highest BCUT2D eigenvalue weighted by Crippen LogP contribution is 2.36. The molecule has 1 heterocycles. The predicted octanol–water partition coefficient (Wildman–Crippen LogP) is 4.14. The molecule has 0 fully saturated rings. The number of amides is 2. The van der Waals surface area contributed by atoms with Crippen molar-refractivity contribution in [1.29, 1.82) is 0 Å². The number of nitrogens with one attached hydrogen (secondary N) is 2. The van der Waals surface area contributed by atoms with Gasteiger partial charge in [0.1, 0.15) is 0 Å². The third-order valence-electron chi connectivity index (χ3n) is 3.22. The van der Waals surface area contributed by atoms with E-state index in [-0.39, 0.29) is 22.2 Å². The van der Waals surface area contributed by atoms with Gasteiger partial charge in [0, 0.05) is 23.5 Å². The van der Waals surface area contributed by atoms with Crippen LogP contribution in [0.25, 0.3) is 0 Å². The maximum absolute atomic E-state index is 13.1. The van der Waals surface area contributed by atoms with Crippen molar-refractivity contribution < 1.29 is 22.8 Å². The molecular weight excluding hydrogens is 371 g/mol. The van der Waals surface area contributed by atoms with Gasteiger partial charge in [-0.15, -0.1) is 0 Å². The van der Waals surface area contributed by atoms with E-state index in [1.165, 1.54) is 18.3 Å². The Labute approximate surface area is 152 Å². The van der Waals surface area contributed by atoms with Gasteiger partial charge in [0.25, 0.3) is 11.8 Å². The summed E-state index contributed by atoms with van der Waals surface area (Å²) in [5.41, 5.74) is -1.44. The molecule has 0 spiro atoms. The number of carbonyl (C=O) groups excluding carboxylic acids is 2. The molecule has 2 N–H and O–H groups in total. The molecule has 26 heavy (non-hydrogen) atoms. The Balaban J connectivity index is 2.28. The highest BCUT2D eigenvalue weighted by atomic mass is 35.5. The molecule has 5 nitrogen and oxygen atoms in total. The Bertz CT molecular complexity index is 838. The number of benzene rings is 1. The van der Waals surface area contributed by atoms with Crippen molar-refractivity contribution in [2.24, 2.45) is 0 Å². The smallest absolute Gasteiger partial charge is 0.350 e. The quantitative estimate of drug-likeness (QED) is 0.830. The lowest BCUT2D eigenvalue weighted by molar-refractivity contribution is -0.136. The first-order valence-corrected chi connectivity index (χ1v) is 7.89. The third kappa shape index (κ3) is 4.95. The maximum Gasteiger partial charge on any atom is 0.418 e. The zero-order valence-electron chi connectivity index (χ0n) is 13.8. The van der Waals surface area contributed by atoms with Crippen molar-refractivity contribution in [3.05, 3.63) is 58.4 Å². The van der Waals surface area contributed by atoms with E-state index in [9.17, 15) is 22.8 Å². The fourth-order valence-electron chi connectivity index (χ4n) is 2.09. The molecule has 2 amide bonds. The van der Waals surface area contributed by atoms with Crippen LogP contribution in [0.4, 0.5) is 18.9 Å². The summed E-state index contributed by atoms with van der Waals surface area (Å²) in [6.45, 7) is 3.53. The summed E-state index contributed by atoms with van der Waals surface area (Å²) >= 11 is 5.61. The first-order valence-electron chi connectivity index (χ1n) is 7.52. The number of anilines is 1. The monoisotopic (exact) mass is 385 g/mol. The Morgan fingerprint density at radius 1 is 1.08 bits per heavy atom. The Morgan fingerprint density at radius 3 is 2.27 bits per heavy atom. The van der Waals surface area contributed by atoms with Crippen LogP contribution in [0.1, 0.15) is 40.1 Å². The molecule has 0 aliphatic carbocycles. The van der Waals surface area contributed by atoms with E-state index in [1.54, 1.807) is 13.8 Å². The maximum atomic E-state index is 13.1. The summed E-state index contributed by atoms with van der Waals surface area (Å²) < 4.78 is 39.3. The van der Waals surface area contributed by atoms with Crippen LogP contribution in [0.5, 0.6) is 0 Å². The van der Waals surface area contributed by atoms with Gasteiger partial charge in [0.2, 0.25) is 0 Å². The van der Waals surface area contributed by atoms with Crippen LogP contribution < -0.4 is 10.6 Å². The molecule has 138 valence electrons. The minimum absolute atomic E-state index is 0.0514. The largest absolute Gasteiger partial charge is 0.418 e. The van der Waals surface area contributed by atoms with Gasteiger partial charge in [0.05, 0.1) is 22.4 Å². The molecule has 9 heteroatoms. The molecule has 1 aromatic heterocycles. The topological polar surface area (TPSA) is 71.1 Å². The second kappa shape index (κ2) is 7.74. The van der Waals surface area contributed by atoms with E-state index < -0.39 is 29.2 Å². The summed E-state index contributed by atoms with van der Waals surface area (Å²) in [6.07, 6.45) is -2.27. The summed E-state index contributed by atoms with van der Waals surface area (Å²) in [5, 5.41) is 4.71. The Kier molecular flexibility index (Phi) is 5.86. The van der Waals surface area contributed by atoms with E-state index >= 15 is 0 Å². The van der Waals surface area contributed by atoms with Crippen LogP contribution in [-0.2, 0) is 6.18 Å². The van der Waals surface area contributed by atoms with Crippen molar-refractivity contribution in [3.8, 4) is 0 Å². The van der Waals surface area contributed by atoms with Crippen molar-refractivity contribution in [1.82, 2.24) is 10.3 Å². The number of aromatic nitrogens is 1. The van der Waals surface area contributed by atoms with E-state index in [0.717, 1.165) is 18.3 Å².